The number of piperidine rings is 1. The third-order valence-electron chi connectivity index (χ3n) is 4.33. The summed E-state index contributed by atoms with van der Waals surface area (Å²) in [6, 6.07) is -0.563. The maximum atomic E-state index is 13.0. The van der Waals surface area contributed by atoms with Crippen molar-refractivity contribution in [1.82, 2.24) is 10.2 Å². The highest BCUT2D eigenvalue weighted by atomic mass is 16.2. The number of allylic oxidation sites excluding steroid dienone is 4. The van der Waals surface area contributed by atoms with E-state index >= 15 is 0 Å². The van der Waals surface area contributed by atoms with Gasteiger partial charge in [0.05, 0.1) is 0 Å². The first-order valence-corrected chi connectivity index (χ1v) is 9.07. The summed E-state index contributed by atoms with van der Waals surface area (Å²) in [5.74, 6) is -0.545. The summed E-state index contributed by atoms with van der Waals surface area (Å²) < 4.78 is 0. The van der Waals surface area contributed by atoms with Gasteiger partial charge in [0.25, 0.3) is 5.91 Å². The fourth-order valence-corrected chi connectivity index (χ4v) is 3.14. The minimum absolute atomic E-state index is 0.116. The first kappa shape index (κ1) is 20.9. The van der Waals surface area contributed by atoms with E-state index in [9.17, 15) is 14.4 Å². The van der Waals surface area contributed by atoms with Crippen LogP contribution in [0.5, 0.6) is 0 Å². The summed E-state index contributed by atoms with van der Waals surface area (Å²) in [6.45, 7) is 12.4. The molecule has 0 aromatic rings. The molecule has 2 saturated heterocycles. The number of carbonyl (C=O) groups is 3. The molecule has 0 aromatic carbocycles. The van der Waals surface area contributed by atoms with Gasteiger partial charge in [0.15, 0.2) is 0 Å². The molecule has 0 aliphatic carbocycles. The molecule has 138 valence electrons. The van der Waals surface area contributed by atoms with E-state index in [0.29, 0.717) is 18.5 Å². The van der Waals surface area contributed by atoms with Crippen molar-refractivity contribution in [2.24, 2.45) is 5.92 Å². The Morgan fingerprint density at radius 3 is 2.32 bits per heavy atom. The lowest BCUT2D eigenvalue weighted by Gasteiger charge is -2.29. The van der Waals surface area contributed by atoms with Crippen LogP contribution in [0.3, 0.4) is 0 Å². The highest BCUT2D eigenvalue weighted by Crippen LogP contribution is 2.33. The average Bonchev–Trinajstić information content (AvgIpc) is 2.90. The molecular formula is C20H30N2O3. The van der Waals surface area contributed by atoms with Crippen LogP contribution in [0.15, 0.2) is 34.9 Å². The maximum absolute atomic E-state index is 13.0. The number of carbonyl (C=O) groups excluding carboxylic acids is 3. The van der Waals surface area contributed by atoms with Crippen LogP contribution in [0.25, 0.3) is 0 Å². The third-order valence-corrected chi connectivity index (χ3v) is 4.33. The van der Waals surface area contributed by atoms with Gasteiger partial charge in [-0.25, -0.2) is 0 Å². The highest BCUT2D eigenvalue weighted by molar-refractivity contribution is 6.07. The number of hydrogen-bond donors (Lipinski definition) is 1. The SMILES string of the molecule is CC.C\C=C/C(=C1/C(=O)N(C2CCC(=O)NC2=O)C/C1=C/C)C(C)C. The minimum atomic E-state index is -0.563. The number of nitrogens with one attached hydrogen (secondary N) is 1. The fourth-order valence-electron chi connectivity index (χ4n) is 3.14. The Bertz CT molecular complexity index is 627. The molecule has 25 heavy (non-hydrogen) atoms. The molecule has 2 heterocycles. The Hall–Kier alpha value is -2.17. The van der Waals surface area contributed by atoms with E-state index in [4.69, 9.17) is 0 Å². The highest BCUT2D eigenvalue weighted by Gasteiger charge is 2.41. The average molecular weight is 346 g/mol. The fraction of sp³-hybridized carbons (Fsp3) is 0.550. The monoisotopic (exact) mass is 346 g/mol. The zero-order valence-electron chi connectivity index (χ0n) is 16.2. The molecule has 0 aromatic heterocycles. The molecule has 1 N–H and O–H groups in total. The predicted molar refractivity (Wildman–Crippen MR) is 99.7 cm³/mol. The number of amides is 3. The van der Waals surface area contributed by atoms with Crippen LogP contribution < -0.4 is 5.32 Å². The molecule has 2 rings (SSSR count). The standard InChI is InChI=1S/C18H24N2O3.C2H6/c1-5-7-13(11(3)4)16-12(6-2)10-20(18(16)23)14-8-9-15(21)19-17(14)22;1-2/h5-7,11,14H,8-10H2,1-4H3,(H,19,21,22);1-2H3/b7-5-,12-6-,16-13-;. The first-order valence-electron chi connectivity index (χ1n) is 9.07. The molecule has 5 heteroatoms. The lowest BCUT2D eigenvalue weighted by molar-refractivity contribution is -0.142. The summed E-state index contributed by atoms with van der Waals surface area (Å²) in [4.78, 5) is 38.0. The minimum Gasteiger partial charge on any atom is -0.322 e. The second-order valence-corrected chi connectivity index (χ2v) is 6.20. The summed E-state index contributed by atoms with van der Waals surface area (Å²) in [6.07, 6.45) is 6.50. The Kier molecular flexibility index (Phi) is 7.81. The van der Waals surface area contributed by atoms with Gasteiger partial charge in [-0.2, -0.15) is 0 Å². The van der Waals surface area contributed by atoms with E-state index in [2.05, 4.69) is 19.2 Å². The second-order valence-electron chi connectivity index (χ2n) is 6.20. The third kappa shape index (κ3) is 4.47. The van der Waals surface area contributed by atoms with E-state index in [1.165, 1.54) is 0 Å². The molecule has 1 unspecified atom stereocenters. The lowest BCUT2D eigenvalue weighted by Crippen LogP contribution is -2.52. The van der Waals surface area contributed by atoms with Gasteiger partial charge in [0, 0.05) is 18.5 Å². The normalized spacial score (nSPS) is 24.8. The molecular weight excluding hydrogens is 316 g/mol. The number of rotatable bonds is 3. The molecule has 0 bridgehead atoms. The van der Waals surface area contributed by atoms with Gasteiger partial charge in [0.1, 0.15) is 6.04 Å². The van der Waals surface area contributed by atoms with Gasteiger partial charge >= 0.3 is 0 Å². The Balaban J connectivity index is 0.00000151. The zero-order valence-corrected chi connectivity index (χ0v) is 16.2. The summed E-state index contributed by atoms with van der Waals surface area (Å²) >= 11 is 0. The van der Waals surface area contributed by atoms with Crippen molar-refractivity contribution in [3.8, 4) is 0 Å². The van der Waals surface area contributed by atoms with Gasteiger partial charge < -0.3 is 4.90 Å². The van der Waals surface area contributed by atoms with Gasteiger partial charge in [-0.05, 0) is 37.3 Å². The smallest absolute Gasteiger partial charge is 0.255 e. The summed E-state index contributed by atoms with van der Waals surface area (Å²) in [7, 11) is 0. The zero-order chi connectivity index (χ0) is 19.1. The van der Waals surface area contributed by atoms with Crippen molar-refractivity contribution in [3.63, 3.8) is 0 Å². The molecule has 3 amide bonds. The quantitative estimate of drug-likeness (QED) is 0.631. The van der Waals surface area contributed by atoms with E-state index in [-0.39, 0.29) is 30.1 Å². The van der Waals surface area contributed by atoms with Crippen LogP contribution in [0, 0.1) is 5.92 Å². The molecule has 0 spiro atoms. The van der Waals surface area contributed by atoms with Gasteiger partial charge in [-0.3, -0.25) is 19.7 Å². The van der Waals surface area contributed by atoms with Crippen molar-refractivity contribution >= 4 is 17.7 Å². The van der Waals surface area contributed by atoms with Crippen LogP contribution in [0.2, 0.25) is 0 Å². The van der Waals surface area contributed by atoms with Crippen LogP contribution in [0.1, 0.15) is 54.4 Å². The first-order chi connectivity index (χ1) is 11.9. The molecule has 5 nitrogen and oxygen atoms in total. The molecule has 0 saturated carbocycles. The van der Waals surface area contributed by atoms with Crippen LogP contribution in [0.4, 0.5) is 0 Å². The Morgan fingerprint density at radius 2 is 1.84 bits per heavy atom. The van der Waals surface area contributed by atoms with Crippen molar-refractivity contribution in [1.29, 1.82) is 0 Å². The molecule has 2 aliphatic heterocycles. The van der Waals surface area contributed by atoms with Crippen molar-refractivity contribution in [3.05, 3.63) is 34.9 Å². The van der Waals surface area contributed by atoms with Crippen LogP contribution in [-0.2, 0) is 14.4 Å². The van der Waals surface area contributed by atoms with Gasteiger partial charge in [0.2, 0.25) is 11.8 Å². The van der Waals surface area contributed by atoms with Gasteiger partial charge in [-0.1, -0.05) is 45.9 Å². The van der Waals surface area contributed by atoms with Crippen molar-refractivity contribution in [2.75, 3.05) is 6.54 Å². The Labute approximate surface area is 150 Å². The number of nitrogens with zero attached hydrogens (tertiary/aromatic N) is 1. The summed E-state index contributed by atoms with van der Waals surface area (Å²) in [5, 5.41) is 2.33. The Morgan fingerprint density at radius 1 is 1.20 bits per heavy atom. The number of likely N-dealkylation sites (tertiary alicyclic amines) is 1. The van der Waals surface area contributed by atoms with Gasteiger partial charge in [-0.15, -0.1) is 0 Å². The largest absolute Gasteiger partial charge is 0.322 e. The van der Waals surface area contributed by atoms with E-state index in [1.807, 2.05) is 45.9 Å². The van der Waals surface area contributed by atoms with Crippen LogP contribution >= 0.6 is 0 Å². The number of imide groups is 1. The van der Waals surface area contributed by atoms with E-state index in [1.54, 1.807) is 4.90 Å². The molecule has 2 aliphatic rings. The topological polar surface area (TPSA) is 66.5 Å². The van der Waals surface area contributed by atoms with Crippen molar-refractivity contribution in [2.45, 2.75) is 60.4 Å². The predicted octanol–water partition coefficient (Wildman–Crippen LogP) is 3.14. The molecule has 0 radical (unpaired) electrons. The molecule has 1 atom stereocenters. The van der Waals surface area contributed by atoms with Crippen LogP contribution in [-0.4, -0.2) is 35.2 Å². The second kappa shape index (κ2) is 9.35. The lowest BCUT2D eigenvalue weighted by atomic mass is 9.93. The number of hydrogen-bond acceptors (Lipinski definition) is 3. The maximum Gasteiger partial charge on any atom is 0.255 e. The van der Waals surface area contributed by atoms with Crippen molar-refractivity contribution < 1.29 is 14.4 Å². The van der Waals surface area contributed by atoms with E-state index in [0.717, 1.165) is 11.1 Å². The van der Waals surface area contributed by atoms with E-state index < -0.39 is 6.04 Å². The molecule has 2 fully saturated rings. The summed E-state index contributed by atoms with van der Waals surface area (Å²) in [5.41, 5.74) is 2.63.